The van der Waals surface area contributed by atoms with Crippen LogP contribution in [0.1, 0.15) is 21.5 Å². The van der Waals surface area contributed by atoms with Gasteiger partial charge in [-0.15, -0.1) is 0 Å². The standard InChI is InChI=1S/C27H25Cl2N3O2/c1-19-2-4-21(5-3-19)27(34)32-16-14-31(15-17-32)24-11-9-23(10-12-24)30-26(33)13-7-20-6-8-22(28)18-25(20)29/h2-13,18H,14-17H2,1H3,(H,30,33). The summed E-state index contributed by atoms with van der Waals surface area (Å²) < 4.78 is 0. The van der Waals surface area contributed by atoms with Gasteiger partial charge in [-0.25, -0.2) is 0 Å². The number of carbonyl (C=O) groups excluding carboxylic acids is 2. The van der Waals surface area contributed by atoms with Gasteiger partial charge in [0.25, 0.3) is 5.91 Å². The van der Waals surface area contributed by atoms with Crippen LogP contribution < -0.4 is 10.2 Å². The van der Waals surface area contributed by atoms with Crippen LogP contribution in [0.4, 0.5) is 11.4 Å². The van der Waals surface area contributed by atoms with Crippen LogP contribution in [-0.4, -0.2) is 42.9 Å². The van der Waals surface area contributed by atoms with E-state index in [1.165, 1.54) is 6.08 Å². The zero-order valence-corrected chi connectivity index (χ0v) is 20.3. The quantitative estimate of drug-likeness (QED) is 0.449. The predicted molar refractivity (Wildman–Crippen MR) is 140 cm³/mol. The molecular weight excluding hydrogens is 469 g/mol. The zero-order valence-electron chi connectivity index (χ0n) is 18.8. The topological polar surface area (TPSA) is 52.7 Å². The minimum atomic E-state index is -0.248. The SMILES string of the molecule is Cc1ccc(C(=O)N2CCN(c3ccc(NC(=O)C=Cc4ccc(Cl)cc4Cl)cc3)CC2)cc1. The molecule has 1 heterocycles. The Morgan fingerprint density at radius 2 is 1.56 bits per heavy atom. The number of rotatable bonds is 5. The fourth-order valence-corrected chi connectivity index (χ4v) is 4.26. The summed E-state index contributed by atoms with van der Waals surface area (Å²) in [7, 11) is 0. The first-order valence-corrected chi connectivity index (χ1v) is 11.8. The third-order valence-corrected chi connectivity index (χ3v) is 6.30. The molecule has 3 aromatic carbocycles. The molecule has 0 atom stereocenters. The molecule has 1 aliphatic rings. The van der Waals surface area contributed by atoms with E-state index in [-0.39, 0.29) is 11.8 Å². The van der Waals surface area contributed by atoms with Crippen molar-refractivity contribution in [3.05, 3.63) is 99.5 Å². The van der Waals surface area contributed by atoms with Gasteiger partial charge in [-0.05, 0) is 67.1 Å². The highest BCUT2D eigenvalue weighted by Gasteiger charge is 2.22. The van der Waals surface area contributed by atoms with E-state index < -0.39 is 0 Å². The zero-order chi connectivity index (χ0) is 24.1. The van der Waals surface area contributed by atoms with E-state index in [2.05, 4.69) is 10.2 Å². The lowest BCUT2D eigenvalue weighted by atomic mass is 10.1. The third-order valence-electron chi connectivity index (χ3n) is 5.74. The summed E-state index contributed by atoms with van der Waals surface area (Å²) in [5.74, 6) is -0.173. The Kier molecular flexibility index (Phi) is 7.56. The Hall–Kier alpha value is -3.28. The highest BCUT2D eigenvalue weighted by Crippen LogP contribution is 2.23. The van der Waals surface area contributed by atoms with Crippen molar-refractivity contribution in [1.29, 1.82) is 0 Å². The molecule has 5 nitrogen and oxygen atoms in total. The lowest BCUT2D eigenvalue weighted by molar-refractivity contribution is -0.111. The molecular formula is C27H25Cl2N3O2. The maximum Gasteiger partial charge on any atom is 0.253 e. The van der Waals surface area contributed by atoms with E-state index >= 15 is 0 Å². The molecule has 1 saturated heterocycles. The average molecular weight is 494 g/mol. The van der Waals surface area contributed by atoms with Crippen molar-refractivity contribution in [2.24, 2.45) is 0 Å². The molecule has 0 bridgehead atoms. The maximum absolute atomic E-state index is 12.7. The molecule has 1 N–H and O–H groups in total. The Balaban J connectivity index is 1.30. The molecule has 4 rings (SSSR count). The number of halogens is 2. The molecule has 2 amide bonds. The van der Waals surface area contributed by atoms with Crippen molar-refractivity contribution < 1.29 is 9.59 Å². The van der Waals surface area contributed by atoms with Crippen LogP contribution in [0.5, 0.6) is 0 Å². The van der Waals surface area contributed by atoms with Gasteiger partial charge < -0.3 is 15.1 Å². The number of carbonyl (C=O) groups is 2. The van der Waals surface area contributed by atoms with Gasteiger partial charge in [0.2, 0.25) is 5.91 Å². The molecule has 0 radical (unpaired) electrons. The van der Waals surface area contributed by atoms with Gasteiger partial charge in [0.05, 0.1) is 0 Å². The van der Waals surface area contributed by atoms with Crippen LogP contribution in [0.2, 0.25) is 10.0 Å². The van der Waals surface area contributed by atoms with E-state index in [0.29, 0.717) is 28.8 Å². The smallest absolute Gasteiger partial charge is 0.253 e. The van der Waals surface area contributed by atoms with E-state index in [9.17, 15) is 9.59 Å². The van der Waals surface area contributed by atoms with Crippen LogP contribution in [0.3, 0.4) is 0 Å². The number of piperazine rings is 1. The fraction of sp³-hybridized carbons (Fsp3) is 0.185. The largest absolute Gasteiger partial charge is 0.368 e. The summed E-state index contributed by atoms with van der Waals surface area (Å²) in [5.41, 5.74) is 4.35. The highest BCUT2D eigenvalue weighted by molar-refractivity contribution is 6.35. The van der Waals surface area contributed by atoms with Crippen LogP contribution in [-0.2, 0) is 4.79 Å². The van der Waals surface area contributed by atoms with Crippen LogP contribution >= 0.6 is 23.2 Å². The van der Waals surface area contributed by atoms with Crippen LogP contribution in [0.25, 0.3) is 6.08 Å². The number of nitrogens with zero attached hydrogens (tertiary/aromatic N) is 2. The van der Waals surface area contributed by atoms with Gasteiger partial charge >= 0.3 is 0 Å². The number of hydrogen-bond acceptors (Lipinski definition) is 3. The molecule has 1 aliphatic heterocycles. The third kappa shape index (κ3) is 5.99. The molecule has 3 aromatic rings. The fourth-order valence-electron chi connectivity index (χ4n) is 3.79. The Morgan fingerprint density at radius 3 is 2.21 bits per heavy atom. The lowest BCUT2D eigenvalue weighted by Gasteiger charge is -2.36. The molecule has 34 heavy (non-hydrogen) atoms. The molecule has 0 aliphatic carbocycles. The molecule has 0 spiro atoms. The van der Waals surface area contributed by atoms with Crippen molar-refractivity contribution in [3.63, 3.8) is 0 Å². The van der Waals surface area contributed by atoms with Crippen molar-refractivity contribution in [2.45, 2.75) is 6.92 Å². The first kappa shape index (κ1) is 23.9. The number of nitrogens with one attached hydrogen (secondary N) is 1. The molecule has 0 unspecified atom stereocenters. The summed E-state index contributed by atoms with van der Waals surface area (Å²) in [5, 5.41) is 3.89. The minimum Gasteiger partial charge on any atom is -0.368 e. The summed E-state index contributed by atoms with van der Waals surface area (Å²) in [4.78, 5) is 29.1. The van der Waals surface area contributed by atoms with Crippen molar-refractivity contribution in [3.8, 4) is 0 Å². The number of anilines is 2. The first-order valence-electron chi connectivity index (χ1n) is 11.0. The molecule has 7 heteroatoms. The summed E-state index contributed by atoms with van der Waals surface area (Å²) in [6.45, 7) is 4.87. The predicted octanol–water partition coefficient (Wildman–Crippen LogP) is 5.92. The van der Waals surface area contributed by atoms with E-state index in [4.69, 9.17) is 23.2 Å². The van der Waals surface area contributed by atoms with Gasteiger partial charge in [0.1, 0.15) is 0 Å². The molecule has 174 valence electrons. The van der Waals surface area contributed by atoms with Crippen molar-refractivity contribution >= 4 is 52.5 Å². The van der Waals surface area contributed by atoms with Crippen molar-refractivity contribution in [2.75, 3.05) is 36.4 Å². The van der Waals surface area contributed by atoms with Gasteiger partial charge in [0.15, 0.2) is 0 Å². The Morgan fingerprint density at radius 1 is 0.882 bits per heavy atom. The number of aryl methyl sites for hydroxylation is 1. The average Bonchev–Trinajstić information content (AvgIpc) is 2.84. The summed E-state index contributed by atoms with van der Waals surface area (Å²) >= 11 is 12.0. The Labute approximate surface area is 209 Å². The molecule has 0 aromatic heterocycles. The normalized spacial score (nSPS) is 13.9. The summed E-state index contributed by atoms with van der Waals surface area (Å²) in [6.07, 6.45) is 3.09. The van der Waals surface area contributed by atoms with Crippen LogP contribution in [0.15, 0.2) is 72.8 Å². The monoisotopic (exact) mass is 493 g/mol. The number of hydrogen-bond donors (Lipinski definition) is 1. The van der Waals surface area contributed by atoms with Crippen LogP contribution in [0, 0.1) is 6.92 Å². The summed E-state index contributed by atoms with van der Waals surface area (Å²) in [6, 6.07) is 20.5. The van der Waals surface area contributed by atoms with Crippen molar-refractivity contribution in [1.82, 2.24) is 4.90 Å². The Bertz CT molecular complexity index is 1200. The number of amides is 2. The van der Waals surface area contributed by atoms with Gasteiger partial charge in [0, 0.05) is 59.2 Å². The second kappa shape index (κ2) is 10.8. The van der Waals surface area contributed by atoms with E-state index in [1.54, 1.807) is 24.3 Å². The van der Waals surface area contributed by atoms with E-state index in [1.807, 2.05) is 60.4 Å². The second-order valence-corrected chi connectivity index (χ2v) is 9.02. The van der Waals surface area contributed by atoms with Gasteiger partial charge in [-0.1, -0.05) is 47.0 Å². The van der Waals surface area contributed by atoms with E-state index in [0.717, 1.165) is 35.5 Å². The second-order valence-electron chi connectivity index (χ2n) is 8.18. The molecule has 0 saturated carbocycles. The first-order chi connectivity index (χ1) is 16.4. The lowest BCUT2D eigenvalue weighted by Crippen LogP contribution is -2.48. The number of benzene rings is 3. The minimum absolute atomic E-state index is 0.0747. The van der Waals surface area contributed by atoms with Gasteiger partial charge in [-0.2, -0.15) is 0 Å². The van der Waals surface area contributed by atoms with Gasteiger partial charge in [-0.3, -0.25) is 9.59 Å². The highest BCUT2D eigenvalue weighted by atomic mass is 35.5. The molecule has 1 fully saturated rings. The maximum atomic E-state index is 12.7.